The van der Waals surface area contributed by atoms with E-state index in [9.17, 15) is 19.7 Å². The van der Waals surface area contributed by atoms with E-state index in [0.717, 1.165) is 56.7 Å². The Labute approximate surface area is 145 Å². The first-order valence-electron chi connectivity index (χ1n) is 8.53. The first-order chi connectivity index (χ1) is 11.5. The summed E-state index contributed by atoms with van der Waals surface area (Å²) < 4.78 is 0. The van der Waals surface area contributed by atoms with Crippen molar-refractivity contribution in [2.75, 3.05) is 18.9 Å². The monoisotopic (exact) mass is 359 g/mol. The van der Waals surface area contributed by atoms with Crippen LogP contribution in [0.5, 0.6) is 0 Å². The summed E-state index contributed by atoms with van der Waals surface area (Å²) in [6.07, 6.45) is 7.27. The topological polar surface area (TPSA) is 111 Å². The SMILES string of the molecule is O=C1NC(C(=O)NCCC2CCC(CCCO[N+](=O)[O-])CC2)CS1. The van der Waals surface area contributed by atoms with Gasteiger partial charge >= 0.3 is 0 Å². The Morgan fingerprint density at radius 2 is 1.96 bits per heavy atom. The summed E-state index contributed by atoms with van der Waals surface area (Å²) in [6.45, 7) is 0.844. The van der Waals surface area contributed by atoms with Gasteiger partial charge in [-0.15, -0.1) is 10.1 Å². The van der Waals surface area contributed by atoms with E-state index in [1.54, 1.807) is 0 Å². The molecule has 1 saturated heterocycles. The molecule has 1 heterocycles. The third kappa shape index (κ3) is 6.54. The Morgan fingerprint density at radius 3 is 2.54 bits per heavy atom. The van der Waals surface area contributed by atoms with E-state index >= 15 is 0 Å². The van der Waals surface area contributed by atoms with Crippen LogP contribution in [0.15, 0.2) is 0 Å². The predicted octanol–water partition coefficient (Wildman–Crippen LogP) is 2.11. The Bertz CT molecular complexity index is 454. The number of carbonyl (C=O) groups is 2. The van der Waals surface area contributed by atoms with Gasteiger partial charge in [-0.05, 0) is 31.1 Å². The lowest BCUT2D eigenvalue weighted by Crippen LogP contribution is -2.43. The van der Waals surface area contributed by atoms with Crippen LogP contribution in [0, 0.1) is 22.0 Å². The lowest BCUT2D eigenvalue weighted by molar-refractivity contribution is -0.757. The van der Waals surface area contributed by atoms with Gasteiger partial charge in [-0.3, -0.25) is 9.59 Å². The molecule has 0 aromatic heterocycles. The Hall–Kier alpha value is -1.51. The lowest BCUT2D eigenvalue weighted by atomic mass is 9.79. The maximum atomic E-state index is 11.9. The summed E-state index contributed by atoms with van der Waals surface area (Å²) >= 11 is 1.15. The molecule has 2 amide bonds. The van der Waals surface area contributed by atoms with Gasteiger partial charge < -0.3 is 15.5 Å². The van der Waals surface area contributed by atoms with E-state index in [4.69, 9.17) is 0 Å². The molecule has 0 radical (unpaired) electrons. The molecule has 0 bridgehead atoms. The minimum absolute atomic E-state index is 0.0900. The van der Waals surface area contributed by atoms with Crippen LogP contribution in [0.1, 0.15) is 44.9 Å². The molecule has 2 fully saturated rings. The number of carbonyl (C=O) groups excluding carboxylic acids is 2. The second kappa shape index (κ2) is 9.71. The maximum absolute atomic E-state index is 11.9. The molecule has 1 aliphatic heterocycles. The van der Waals surface area contributed by atoms with Crippen molar-refractivity contribution >= 4 is 22.9 Å². The van der Waals surface area contributed by atoms with Crippen LogP contribution in [-0.2, 0) is 9.63 Å². The van der Waals surface area contributed by atoms with E-state index in [2.05, 4.69) is 15.5 Å². The minimum atomic E-state index is -0.735. The molecule has 1 saturated carbocycles. The molecular formula is C15H25N3O5S. The molecule has 2 aliphatic rings. The third-order valence-electron chi connectivity index (χ3n) is 4.76. The van der Waals surface area contributed by atoms with Gasteiger partial charge in [-0.1, -0.05) is 37.4 Å². The fraction of sp³-hybridized carbons (Fsp3) is 0.867. The number of hydrogen-bond donors (Lipinski definition) is 2. The third-order valence-corrected chi connectivity index (χ3v) is 5.64. The van der Waals surface area contributed by atoms with Crippen molar-refractivity contribution in [2.45, 2.75) is 51.0 Å². The largest absolute Gasteiger partial charge is 0.354 e. The summed E-state index contributed by atoms with van der Waals surface area (Å²) in [6, 6.07) is -0.389. The highest BCUT2D eigenvalue weighted by Gasteiger charge is 2.28. The normalized spacial score (nSPS) is 26.7. The van der Waals surface area contributed by atoms with Gasteiger partial charge in [0.15, 0.2) is 0 Å². The van der Waals surface area contributed by atoms with Crippen LogP contribution < -0.4 is 10.6 Å². The van der Waals surface area contributed by atoms with Crippen molar-refractivity contribution in [3.05, 3.63) is 10.1 Å². The first-order valence-corrected chi connectivity index (χ1v) is 9.51. The molecular weight excluding hydrogens is 334 g/mol. The maximum Gasteiger partial charge on any atom is 0.294 e. The van der Waals surface area contributed by atoms with Crippen molar-refractivity contribution in [3.63, 3.8) is 0 Å². The Morgan fingerprint density at radius 1 is 1.29 bits per heavy atom. The molecule has 1 unspecified atom stereocenters. The molecule has 8 nitrogen and oxygen atoms in total. The Balaban J connectivity index is 1.51. The standard InChI is InChI=1S/C15H25N3O5S/c19-14(13-10-24-15(20)17-13)16-8-7-12-5-3-11(4-6-12)2-1-9-23-18(21)22/h11-13H,1-10H2,(H,16,19)(H,17,20). The second-order valence-electron chi connectivity index (χ2n) is 6.46. The Kier molecular flexibility index (Phi) is 7.61. The summed E-state index contributed by atoms with van der Waals surface area (Å²) in [5, 5.41) is 14.8. The van der Waals surface area contributed by atoms with Crippen molar-refractivity contribution in [2.24, 2.45) is 11.8 Å². The average molecular weight is 359 g/mol. The number of hydrogen-bond acceptors (Lipinski definition) is 6. The number of nitrogens with one attached hydrogen (secondary N) is 2. The number of thioether (sulfide) groups is 1. The average Bonchev–Trinajstić information content (AvgIpc) is 2.99. The number of nitrogens with zero attached hydrogens (tertiary/aromatic N) is 1. The molecule has 1 atom stereocenters. The number of rotatable bonds is 9. The highest BCUT2D eigenvalue weighted by atomic mass is 32.2. The van der Waals surface area contributed by atoms with E-state index < -0.39 is 5.09 Å². The molecule has 1 aliphatic carbocycles. The van der Waals surface area contributed by atoms with Crippen LogP contribution in [0.2, 0.25) is 0 Å². The zero-order valence-corrected chi connectivity index (χ0v) is 14.5. The summed E-state index contributed by atoms with van der Waals surface area (Å²) in [5.74, 6) is 1.68. The molecule has 0 aromatic rings. The first kappa shape index (κ1) is 18.8. The quantitative estimate of drug-likeness (QED) is 0.371. The van der Waals surface area contributed by atoms with E-state index in [-0.39, 0.29) is 23.8 Å². The molecule has 2 N–H and O–H groups in total. The molecule has 9 heteroatoms. The van der Waals surface area contributed by atoms with Crippen LogP contribution in [0.25, 0.3) is 0 Å². The van der Waals surface area contributed by atoms with Crippen LogP contribution in [0.3, 0.4) is 0 Å². The van der Waals surface area contributed by atoms with Gasteiger partial charge in [-0.2, -0.15) is 0 Å². The van der Waals surface area contributed by atoms with Crippen LogP contribution >= 0.6 is 11.8 Å². The van der Waals surface area contributed by atoms with Gasteiger partial charge in [-0.25, -0.2) is 0 Å². The van der Waals surface area contributed by atoms with Gasteiger partial charge in [0, 0.05) is 12.3 Å². The lowest BCUT2D eigenvalue weighted by Gasteiger charge is -2.28. The zero-order valence-electron chi connectivity index (χ0n) is 13.7. The molecule has 24 heavy (non-hydrogen) atoms. The van der Waals surface area contributed by atoms with Crippen LogP contribution in [0.4, 0.5) is 4.79 Å². The van der Waals surface area contributed by atoms with Gasteiger partial charge in [0.2, 0.25) is 5.91 Å². The predicted molar refractivity (Wildman–Crippen MR) is 90.0 cm³/mol. The number of amides is 2. The summed E-state index contributed by atoms with van der Waals surface area (Å²) in [7, 11) is 0. The van der Waals surface area contributed by atoms with Gasteiger partial charge in [0.1, 0.15) is 6.04 Å². The minimum Gasteiger partial charge on any atom is -0.354 e. The van der Waals surface area contributed by atoms with Crippen LogP contribution in [-0.4, -0.2) is 41.2 Å². The van der Waals surface area contributed by atoms with E-state index in [0.29, 0.717) is 24.1 Å². The van der Waals surface area contributed by atoms with Gasteiger partial charge in [0.25, 0.3) is 10.3 Å². The highest BCUT2D eigenvalue weighted by molar-refractivity contribution is 8.14. The van der Waals surface area contributed by atoms with Crippen molar-refractivity contribution in [1.29, 1.82) is 0 Å². The van der Waals surface area contributed by atoms with Crippen molar-refractivity contribution in [1.82, 2.24) is 10.6 Å². The summed E-state index contributed by atoms with van der Waals surface area (Å²) in [5.41, 5.74) is 0. The molecule has 2 rings (SSSR count). The molecule has 0 aromatic carbocycles. The van der Waals surface area contributed by atoms with Crippen molar-refractivity contribution in [3.8, 4) is 0 Å². The molecule has 136 valence electrons. The zero-order chi connectivity index (χ0) is 17.4. The smallest absolute Gasteiger partial charge is 0.294 e. The fourth-order valence-electron chi connectivity index (χ4n) is 3.37. The fourth-order valence-corrected chi connectivity index (χ4v) is 4.15. The highest BCUT2D eigenvalue weighted by Crippen LogP contribution is 2.33. The van der Waals surface area contributed by atoms with E-state index in [1.807, 2.05) is 0 Å². The molecule has 0 spiro atoms. The second-order valence-corrected chi connectivity index (χ2v) is 7.45. The van der Waals surface area contributed by atoms with Crippen molar-refractivity contribution < 1.29 is 19.5 Å². The summed E-state index contributed by atoms with van der Waals surface area (Å²) in [4.78, 5) is 37.4. The van der Waals surface area contributed by atoms with E-state index in [1.165, 1.54) is 0 Å². The van der Waals surface area contributed by atoms with Gasteiger partial charge in [0.05, 0.1) is 6.61 Å².